The molecule has 4 rings (SSSR count). The van der Waals surface area contributed by atoms with Gasteiger partial charge in [-0.3, -0.25) is 0 Å². The quantitative estimate of drug-likeness (QED) is 0.151. The smallest absolute Gasteiger partial charge is 0.493 e. The van der Waals surface area contributed by atoms with Crippen LogP contribution in [-0.4, -0.2) is 45.6 Å². The number of rotatable bonds is 8. The summed E-state index contributed by atoms with van der Waals surface area (Å²) in [6.07, 6.45) is -9.85. The number of hydrogen-bond acceptors (Lipinski definition) is 11. The van der Waals surface area contributed by atoms with Crippen molar-refractivity contribution in [1.29, 1.82) is 0 Å². The third kappa shape index (κ3) is 6.68. The predicted molar refractivity (Wildman–Crippen MR) is 140 cm³/mol. The van der Waals surface area contributed by atoms with Crippen molar-refractivity contribution in [2.45, 2.75) is 40.0 Å². The molecular formula is C26H21F6N5O7. The van der Waals surface area contributed by atoms with Crippen LogP contribution in [0.3, 0.4) is 0 Å². The van der Waals surface area contributed by atoms with Crippen molar-refractivity contribution in [2.75, 3.05) is 17.2 Å². The Morgan fingerprint density at radius 2 is 1.66 bits per heavy atom. The largest absolute Gasteiger partial charge is 0.494 e. The van der Waals surface area contributed by atoms with Crippen LogP contribution in [0.15, 0.2) is 39.7 Å². The van der Waals surface area contributed by atoms with Gasteiger partial charge >= 0.3 is 30.0 Å². The minimum Gasteiger partial charge on any atom is -0.494 e. The number of benzene rings is 2. The van der Waals surface area contributed by atoms with E-state index in [1.807, 2.05) is 20.8 Å². The highest BCUT2D eigenvalue weighted by molar-refractivity contribution is 5.93. The first-order chi connectivity index (χ1) is 20.5. The average molecular weight is 629 g/mol. The summed E-state index contributed by atoms with van der Waals surface area (Å²) >= 11 is 0. The summed E-state index contributed by atoms with van der Waals surface area (Å²) in [5.74, 6) is -8.07. The van der Waals surface area contributed by atoms with Crippen molar-refractivity contribution in [3.05, 3.63) is 57.7 Å². The highest BCUT2D eigenvalue weighted by Crippen LogP contribution is 2.37. The molecule has 2 aromatic heterocycles. The Hall–Kier alpha value is -5.29. The van der Waals surface area contributed by atoms with Crippen LogP contribution >= 0.6 is 0 Å². The van der Waals surface area contributed by atoms with Gasteiger partial charge in [0.05, 0.1) is 12.3 Å². The Balaban J connectivity index is 1.80. The topological polar surface area (TPSA) is 147 Å². The van der Waals surface area contributed by atoms with Crippen molar-refractivity contribution in [3.8, 4) is 11.5 Å². The molecule has 0 spiro atoms. The summed E-state index contributed by atoms with van der Waals surface area (Å²) in [5, 5.41) is 5.58. The zero-order valence-corrected chi connectivity index (χ0v) is 23.1. The third-order valence-electron chi connectivity index (χ3n) is 5.89. The van der Waals surface area contributed by atoms with E-state index in [1.54, 1.807) is 12.1 Å². The van der Waals surface area contributed by atoms with Crippen LogP contribution in [0.4, 0.5) is 49.5 Å². The summed E-state index contributed by atoms with van der Waals surface area (Å²) in [4.78, 5) is 47.9. The lowest BCUT2D eigenvalue weighted by atomic mass is 10.1. The van der Waals surface area contributed by atoms with Crippen molar-refractivity contribution < 1.29 is 54.7 Å². The molecule has 0 aliphatic carbocycles. The zero-order chi connectivity index (χ0) is 32.6. The summed E-state index contributed by atoms with van der Waals surface area (Å²) in [5.41, 5.74) is 0.407. The maximum Gasteiger partial charge on any atom is 0.493 e. The third-order valence-corrected chi connectivity index (χ3v) is 5.89. The summed E-state index contributed by atoms with van der Waals surface area (Å²) < 4.78 is 92.4. The molecule has 0 radical (unpaired) electrons. The molecule has 0 fully saturated rings. The number of fused-ring (bicyclic) bond motifs is 1. The highest BCUT2D eigenvalue weighted by Gasteiger charge is 2.44. The van der Waals surface area contributed by atoms with Crippen molar-refractivity contribution in [2.24, 2.45) is 0 Å². The molecule has 2 N–H and O–H groups in total. The summed E-state index contributed by atoms with van der Waals surface area (Å²) in [6.45, 7) is 7.46. The summed E-state index contributed by atoms with van der Waals surface area (Å²) in [7, 11) is 0. The van der Waals surface area contributed by atoms with E-state index in [2.05, 4.69) is 30.2 Å². The van der Waals surface area contributed by atoms with Crippen molar-refractivity contribution in [1.82, 2.24) is 14.7 Å². The number of aromatic nitrogens is 3. The first-order valence-electron chi connectivity index (χ1n) is 12.4. The number of esters is 1. The van der Waals surface area contributed by atoms with E-state index in [0.29, 0.717) is 23.6 Å². The van der Waals surface area contributed by atoms with Crippen molar-refractivity contribution >= 4 is 46.2 Å². The zero-order valence-electron chi connectivity index (χ0n) is 23.1. The van der Waals surface area contributed by atoms with Gasteiger partial charge in [-0.25, -0.2) is 19.4 Å². The molecule has 0 aliphatic rings. The van der Waals surface area contributed by atoms with E-state index in [4.69, 9.17) is 9.15 Å². The van der Waals surface area contributed by atoms with Crippen LogP contribution in [0.25, 0.3) is 11.1 Å². The van der Waals surface area contributed by atoms with Crippen LogP contribution in [0.1, 0.15) is 23.6 Å². The van der Waals surface area contributed by atoms with Gasteiger partial charge in [-0.1, -0.05) is 4.73 Å². The van der Waals surface area contributed by atoms with Gasteiger partial charge in [-0.15, -0.1) is 0 Å². The van der Waals surface area contributed by atoms with E-state index in [0.717, 1.165) is 23.3 Å². The van der Waals surface area contributed by atoms with E-state index >= 15 is 0 Å². The number of nitrogens with one attached hydrogen (secondary N) is 2. The van der Waals surface area contributed by atoms with E-state index in [-0.39, 0.29) is 16.5 Å². The number of ether oxygens (including phenoxy) is 2. The number of alkyl halides is 6. The highest BCUT2D eigenvalue weighted by atomic mass is 19.4. The number of aryl methyl sites for hydroxylation is 2. The van der Waals surface area contributed by atoms with Gasteiger partial charge in [0.15, 0.2) is 16.8 Å². The molecule has 18 heteroatoms. The molecule has 0 aliphatic heterocycles. The number of halogens is 6. The van der Waals surface area contributed by atoms with Gasteiger partial charge in [0, 0.05) is 23.5 Å². The number of nitrogens with zero attached hydrogens (tertiary/aromatic N) is 3. The second kappa shape index (κ2) is 11.8. The normalized spacial score (nSPS) is 11.8. The Bertz CT molecular complexity index is 1810. The predicted octanol–water partition coefficient (Wildman–Crippen LogP) is 5.18. The fourth-order valence-corrected chi connectivity index (χ4v) is 3.71. The van der Waals surface area contributed by atoms with E-state index < -0.39 is 52.6 Å². The van der Waals surface area contributed by atoms with Crippen molar-refractivity contribution in [3.63, 3.8) is 0 Å². The number of oxazole rings is 1. The molecule has 2 heterocycles. The second-order valence-electron chi connectivity index (χ2n) is 9.04. The monoisotopic (exact) mass is 629 g/mol. The molecule has 0 unspecified atom stereocenters. The lowest BCUT2D eigenvalue weighted by Gasteiger charge is -2.16. The lowest BCUT2D eigenvalue weighted by molar-refractivity contribution is -0.200. The molecule has 234 valence electrons. The number of carbonyl (C=O) groups is 2. The molecule has 44 heavy (non-hydrogen) atoms. The lowest BCUT2D eigenvalue weighted by Crippen LogP contribution is -2.37. The summed E-state index contributed by atoms with van der Waals surface area (Å²) in [6, 6.07) is 5.43. The van der Waals surface area contributed by atoms with Crippen LogP contribution in [0, 0.1) is 20.8 Å². The number of anilines is 4. The molecule has 0 saturated heterocycles. The maximum atomic E-state index is 13.2. The molecule has 4 aromatic rings. The van der Waals surface area contributed by atoms with E-state index in [9.17, 15) is 40.7 Å². The Morgan fingerprint density at radius 1 is 0.977 bits per heavy atom. The fraction of sp³-hybridized carbons (Fsp3) is 0.269. The van der Waals surface area contributed by atoms with E-state index in [1.165, 1.54) is 13.1 Å². The standard InChI is InChI=1S/C26H21F6N5O7/c1-5-41-17-9-14(8-11(2)13(17)4)34-23-33-10-12(3)20(36-23)35-15-6-7-16-18(19(15)43-21(38)25(27,28)29)37(24(40)42-16)44-22(39)26(30,31)32/h6-10H,5H2,1-4H3,(H2,33,34,35,36). The maximum absolute atomic E-state index is 13.2. The molecule has 2 aromatic carbocycles. The van der Waals surface area contributed by atoms with Crippen LogP contribution in [-0.2, 0) is 9.59 Å². The van der Waals surface area contributed by atoms with Gasteiger partial charge in [0.25, 0.3) is 0 Å². The minimum absolute atomic E-state index is 0.00181. The number of hydrogen-bond donors (Lipinski definition) is 2. The van der Waals surface area contributed by atoms with Gasteiger partial charge < -0.3 is 29.4 Å². The second-order valence-corrected chi connectivity index (χ2v) is 9.04. The van der Waals surface area contributed by atoms with Gasteiger partial charge in [0.1, 0.15) is 11.6 Å². The van der Waals surface area contributed by atoms with Crippen LogP contribution < -0.4 is 30.7 Å². The molecule has 0 amide bonds. The average Bonchev–Trinajstić information content (AvgIpc) is 3.24. The van der Waals surface area contributed by atoms with Crippen LogP contribution in [0.5, 0.6) is 11.5 Å². The molecule has 12 nitrogen and oxygen atoms in total. The SMILES string of the molecule is CCOc1cc(Nc2ncc(C)c(Nc3ccc4oc(=O)n(OC(=O)C(F)(F)F)c4c3OC(=O)C(F)(F)F)n2)cc(C)c1C. The first kappa shape index (κ1) is 31.6. The first-order valence-corrected chi connectivity index (χ1v) is 12.4. The Labute approximate surface area is 242 Å². The molecule has 0 bridgehead atoms. The Morgan fingerprint density at radius 3 is 2.30 bits per heavy atom. The molecular weight excluding hydrogens is 608 g/mol. The minimum atomic E-state index is -5.61. The Kier molecular flexibility index (Phi) is 8.46. The fourth-order valence-electron chi connectivity index (χ4n) is 3.71. The molecule has 0 saturated carbocycles. The van der Waals surface area contributed by atoms with Gasteiger partial charge in [-0.2, -0.15) is 31.3 Å². The van der Waals surface area contributed by atoms with Gasteiger partial charge in [-0.05, 0) is 57.0 Å². The van der Waals surface area contributed by atoms with Gasteiger partial charge in [0.2, 0.25) is 5.95 Å². The number of carbonyl (C=O) groups excluding carboxylic acids is 2. The van der Waals surface area contributed by atoms with Crippen LogP contribution in [0.2, 0.25) is 0 Å². The molecule has 0 atom stereocenters.